The van der Waals surface area contributed by atoms with E-state index in [1.807, 2.05) is 110 Å². The minimum atomic E-state index is -0.722. The monoisotopic (exact) mass is 681 g/mol. The number of aromatic nitrogens is 1. The Morgan fingerprint density at radius 1 is 0.900 bits per heavy atom. The zero-order valence-corrected chi connectivity index (χ0v) is 28.7. The van der Waals surface area contributed by atoms with Crippen LogP contribution in [0.15, 0.2) is 136 Å². The summed E-state index contributed by atoms with van der Waals surface area (Å²) in [7, 11) is 1.60. The summed E-state index contributed by atoms with van der Waals surface area (Å²) in [6.45, 7) is 4.56. The van der Waals surface area contributed by atoms with E-state index in [1.165, 1.54) is 11.3 Å². The smallest absolute Gasteiger partial charge is 0.271 e. The number of benzene rings is 5. The molecule has 0 unspecified atom stereocenters. The Kier molecular flexibility index (Phi) is 9.31. The molecule has 2 heterocycles. The third-order valence-corrected chi connectivity index (χ3v) is 9.56. The highest BCUT2D eigenvalue weighted by Gasteiger charge is 2.32. The standard InChI is InChI=1S/C41H35N3O5S/c1-4-48-32-22-20-28(21-23-32)37-36(39(45)43-31-16-6-5-7-17-31)26(2)42-41-44(37)40(46)35(50-41)24-29-14-11-19-34(47-3)38(29)49-25-30-15-10-13-27-12-8-9-18-33(27)30/h5-24,37H,4,25H2,1-3H3,(H,43,45)/b35-24-/t37-/m1/s1. The fourth-order valence-corrected chi connectivity index (χ4v) is 7.27. The maximum atomic E-state index is 14.4. The van der Waals surface area contributed by atoms with Crippen molar-refractivity contribution in [3.05, 3.63) is 163 Å². The molecule has 1 aliphatic rings. The number of carbonyl (C=O) groups is 1. The van der Waals surface area contributed by atoms with Gasteiger partial charge in [0.15, 0.2) is 16.3 Å². The molecule has 5 aromatic carbocycles. The van der Waals surface area contributed by atoms with Gasteiger partial charge in [-0.15, -0.1) is 0 Å². The van der Waals surface area contributed by atoms with Crippen molar-refractivity contribution in [2.45, 2.75) is 26.5 Å². The zero-order valence-electron chi connectivity index (χ0n) is 27.9. The minimum Gasteiger partial charge on any atom is -0.494 e. The molecule has 0 bridgehead atoms. The van der Waals surface area contributed by atoms with Gasteiger partial charge in [-0.25, -0.2) is 4.99 Å². The molecule has 50 heavy (non-hydrogen) atoms. The van der Waals surface area contributed by atoms with Gasteiger partial charge in [-0.1, -0.05) is 96.3 Å². The van der Waals surface area contributed by atoms with Crippen molar-refractivity contribution in [3.63, 3.8) is 0 Å². The number of anilines is 1. The van der Waals surface area contributed by atoms with Crippen LogP contribution in [0.25, 0.3) is 16.8 Å². The predicted octanol–water partition coefficient (Wildman–Crippen LogP) is 7.01. The number of fused-ring (bicyclic) bond motifs is 2. The molecular weight excluding hydrogens is 647 g/mol. The van der Waals surface area contributed by atoms with Gasteiger partial charge >= 0.3 is 0 Å². The van der Waals surface area contributed by atoms with Crippen molar-refractivity contribution < 1.29 is 19.0 Å². The van der Waals surface area contributed by atoms with E-state index in [0.29, 0.717) is 62.3 Å². The van der Waals surface area contributed by atoms with Crippen LogP contribution in [-0.4, -0.2) is 24.2 Å². The van der Waals surface area contributed by atoms with Crippen molar-refractivity contribution in [2.24, 2.45) is 4.99 Å². The summed E-state index contributed by atoms with van der Waals surface area (Å²) in [6, 6.07) is 35.9. The molecule has 6 aromatic rings. The minimum absolute atomic E-state index is 0.270. The van der Waals surface area contributed by atoms with E-state index in [1.54, 1.807) is 18.6 Å². The third kappa shape index (κ3) is 6.43. The van der Waals surface area contributed by atoms with Crippen molar-refractivity contribution in [2.75, 3.05) is 19.0 Å². The van der Waals surface area contributed by atoms with E-state index in [9.17, 15) is 9.59 Å². The van der Waals surface area contributed by atoms with E-state index in [0.717, 1.165) is 21.9 Å². The van der Waals surface area contributed by atoms with Crippen molar-refractivity contribution in [3.8, 4) is 17.2 Å². The fraction of sp³-hybridized carbons (Fsp3) is 0.146. The first-order valence-electron chi connectivity index (χ1n) is 16.3. The number of thiazole rings is 1. The number of nitrogens with one attached hydrogen (secondary N) is 1. The molecule has 9 heteroatoms. The molecule has 1 aliphatic heterocycles. The summed E-state index contributed by atoms with van der Waals surface area (Å²) in [5.41, 5.74) is 3.77. The molecule has 0 aliphatic carbocycles. The zero-order chi connectivity index (χ0) is 34.6. The van der Waals surface area contributed by atoms with Crippen LogP contribution < -0.4 is 34.4 Å². The maximum absolute atomic E-state index is 14.4. The van der Waals surface area contributed by atoms with Crippen LogP contribution in [0.3, 0.4) is 0 Å². The highest BCUT2D eigenvalue weighted by molar-refractivity contribution is 7.07. The SMILES string of the molecule is CCOc1ccc([C@@H]2C(C(=O)Nc3ccccc3)=C(C)N=c3s/c(=C\c4cccc(OC)c4OCc4cccc5ccccc45)c(=O)n32)cc1. The largest absolute Gasteiger partial charge is 0.494 e. The summed E-state index contributed by atoms with van der Waals surface area (Å²) in [6.07, 6.45) is 1.81. The highest BCUT2D eigenvalue weighted by Crippen LogP contribution is 2.34. The fourth-order valence-electron chi connectivity index (χ4n) is 6.23. The van der Waals surface area contributed by atoms with Crippen LogP contribution in [0.1, 0.15) is 36.6 Å². The topological polar surface area (TPSA) is 91.2 Å². The Hall–Kier alpha value is -5.93. The van der Waals surface area contributed by atoms with Gasteiger partial charge in [0, 0.05) is 11.3 Å². The first kappa shape index (κ1) is 32.6. The van der Waals surface area contributed by atoms with E-state index < -0.39 is 6.04 Å². The van der Waals surface area contributed by atoms with Crippen LogP contribution in [0.4, 0.5) is 5.69 Å². The van der Waals surface area contributed by atoms with Gasteiger partial charge in [0.25, 0.3) is 11.5 Å². The molecule has 0 saturated carbocycles. The second-order valence-corrected chi connectivity index (χ2v) is 12.7. The normalized spacial score (nSPS) is 14.2. The molecule has 0 fully saturated rings. The first-order valence-corrected chi connectivity index (χ1v) is 17.1. The Morgan fingerprint density at radius 3 is 2.42 bits per heavy atom. The van der Waals surface area contributed by atoms with E-state index >= 15 is 0 Å². The molecule has 8 nitrogen and oxygen atoms in total. The third-order valence-electron chi connectivity index (χ3n) is 8.57. The molecule has 1 atom stereocenters. The number of para-hydroxylation sites is 2. The number of hydrogen-bond donors (Lipinski definition) is 1. The summed E-state index contributed by atoms with van der Waals surface area (Å²) in [5.74, 6) is 1.45. The quantitative estimate of drug-likeness (QED) is 0.168. The van der Waals surface area contributed by atoms with Crippen LogP contribution in [0.2, 0.25) is 0 Å². The van der Waals surface area contributed by atoms with E-state index in [2.05, 4.69) is 23.5 Å². The molecular formula is C41H35N3O5S. The van der Waals surface area contributed by atoms with Crippen LogP contribution >= 0.6 is 11.3 Å². The molecule has 0 saturated heterocycles. The molecule has 0 radical (unpaired) electrons. The maximum Gasteiger partial charge on any atom is 0.271 e. The lowest BCUT2D eigenvalue weighted by Gasteiger charge is -2.25. The summed E-state index contributed by atoms with van der Waals surface area (Å²) in [4.78, 5) is 33.7. The van der Waals surface area contributed by atoms with Gasteiger partial charge in [-0.2, -0.15) is 0 Å². The van der Waals surface area contributed by atoms with Crippen LogP contribution in [-0.2, 0) is 11.4 Å². The Balaban J connectivity index is 1.31. The summed E-state index contributed by atoms with van der Waals surface area (Å²) >= 11 is 1.27. The van der Waals surface area contributed by atoms with Crippen molar-refractivity contribution >= 4 is 39.8 Å². The van der Waals surface area contributed by atoms with Crippen molar-refractivity contribution in [1.82, 2.24) is 4.57 Å². The van der Waals surface area contributed by atoms with Gasteiger partial charge in [0.2, 0.25) is 0 Å². The van der Waals surface area contributed by atoms with Gasteiger partial charge in [0.05, 0.1) is 35.6 Å². The molecule has 1 aromatic heterocycles. The Morgan fingerprint density at radius 2 is 1.64 bits per heavy atom. The number of amides is 1. The van der Waals surface area contributed by atoms with Gasteiger partial charge < -0.3 is 19.5 Å². The molecule has 1 amide bonds. The average molecular weight is 682 g/mol. The number of ether oxygens (including phenoxy) is 3. The molecule has 0 spiro atoms. The Bertz CT molecular complexity index is 2410. The average Bonchev–Trinajstić information content (AvgIpc) is 3.44. The van der Waals surface area contributed by atoms with Gasteiger partial charge in [-0.3, -0.25) is 14.2 Å². The lowest BCUT2D eigenvalue weighted by Crippen LogP contribution is -2.40. The molecule has 250 valence electrons. The number of allylic oxidation sites excluding steroid dienone is 1. The second kappa shape index (κ2) is 14.3. The summed E-state index contributed by atoms with van der Waals surface area (Å²) < 4.78 is 19.9. The lowest BCUT2D eigenvalue weighted by atomic mass is 9.95. The van der Waals surface area contributed by atoms with E-state index in [-0.39, 0.29) is 11.5 Å². The predicted molar refractivity (Wildman–Crippen MR) is 198 cm³/mol. The van der Waals surface area contributed by atoms with Crippen LogP contribution in [0, 0.1) is 0 Å². The van der Waals surface area contributed by atoms with E-state index in [4.69, 9.17) is 19.2 Å². The first-order chi connectivity index (χ1) is 24.4. The molecule has 7 rings (SSSR count). The number of rotatable bonds is 10. The van der Waals surface area contributed by atoms with Crippen molar-refractivity contribution in [1.29, 1.82) is 0 Å². The molecule has 1 N–H and O–H groups in total. The Labute approximate surface area is 293 Å². The van der Waals surface area contributed by atoms with Gasteiger partial charge in [-0.05, 0) is 72.2 Å². The number of carbonyl (C=O) groups excluding carboxylic acids is 1. The number of nitrogens with zero attached hydrogens (tertiary/aromatic N) is 2. The summed E-state index contributed by atoms with van der Waals surface area (Å²) in [5, 5.41) is 5.23. The second-order valence-electron chi connectivity index (χ2n) is 11.7. The van der Waals surface area contributed by atoms with Gasteiger partial charge in [0.1, 0.15) is 12.4 Å². The highest BCUT2D eigenvalue weighted by atomic mass is 32.1. The lowest BCUT2D eigenvalue weighted by molar-refractivity contribution is -0.113. The van der Waals surface area contributed by atoms with Crippen LogP contribution in [0.5, 0.6) is 17.2 Å². The number of hydrogen-bond acceptors (Lipinski definition) is 7. The number of methoxy groups -OCH3 is 1.